The maximum Gasteiger partial charge on any atom is 0.320 e. The number of nitrogens with zero attached hydrogens (tertiary/aromatic N) is 1. The van der Waals surface area contributed by atoms with Gasteiger partial charge in [-0.1, -0.05) is 44.5 Å². The summed E-state index contributed by atoms with van der Waals surface area (Å²) >= 11 is 0. The van der Waals surface area contributed by atoms with Gasteiger partial charge in [0.15, 0.2) is 0 Å². The summed E-state index contributed by atoms with van der Waals surface area (Å²) in [6.07, 6.45) is 3.29. The van der Waals surface area contributed by atoms with Crippen LogP contribution in [0, 0.1) is 0 Å². The first kappa shape index (κ1) is 21.5. The zero-order valence-corrected chi connectivity index (χ0v) is 15.8. The van der Waals surface area contributed by atoms with Crippen molar-refractivity contribution < 1.29 is 14.7 Å². The Morgan fingerprint density at radius 1 is 1.24 bits per heavy atom. The van der Waals surface area contributed by atoms with Crippen molar-refractivity contribution in [1.29, 1.82) is 0 Å². The molecule has 0 bridgehead atoms. The number of piperidine rings is 1. The molecule has 2 N–H and O–H groups in total. The van der Waals surface area contributed by atoms with Crippen LogP contribution in [-0.4, -0.2) is 47.6 Å². The second-order valence-corrected chi connectivity index (χ2v) is 6.82. The fraction of sp³-hybridized carbons (Fsp3) is 0.579. The zero-order valence-electron chi connectivity index (χ0n) is 15.0. The van der Waals surface area contributed by atoms with Crippen LogP contribution in [0.25, 0.3) is 0 Å². The first-order valence-electron chi connectivity index (χ1n) is 8.79. The average molecular weight is 369 g/mol. The average Bonchev–Trinajstić information content (AvgIpc) is 2.55. The summed E-state index contributed by atoms with van der Waals surface area (Å²) in [5.41, 5.74) is 2.51. The molecule has 1 aliphatic heterocycles. The maximum atomic E-state index is 12.1. The summed E-state index contributed by atoms with van der Waals surface area (Å²) in [4.78, 5) is 25.1. The molecule has 1 fully saturated rings. The molecule has 1 aromatic carbocycles. The van der Waals surface area contributed by atoms with Gasteiger partial charge < -0.3 is 10.4 Å². The van der Waals surface area contributed by atoms with Gasteiger partial charge in [0.2, 0.25) is 5.91 Å². The molecule has 1 amide bonds. The Morgan fingerprint density at radius 3 is 2.52 bits per heavy atom. The van der Waals surface area contributed by atoms with E-state index in [1.807, 2.05) is 0 Å². The number of carboxylic acids is 1. The van der Waals surface area contributed by atoms with Crippen LogP contribution in [0.5, 0.6) is 0 Å². The van der Waals surface area contributed by atoms with Crippen LogP contribution in [-0.2, 0) is 16.0 Å². The van der Waals surface area contributed by atoms with E-state index in [0.717, 1.165) is 19.3 Å². The monoisotopic (exact) mass is 368 g/mol. The third-order valence-corrected chi connectivity index (χ3v) is 4.63. The third-order valence-electron chi connectivity index (χ3n) is 4.63. The van der Waals surface area contributed by atoms with Gasteiger partial charge in [-0.05, 0) is 42.9 Å². The summed E-state index contributed by atoms with van der Waals surface area (Å²) in [6, 6.07) is 7.95. The smallest absolute Gasteiger partial charge is 0.320 e. The van der Waals surface area contributed by atoms with E-state index in [-0.39, 0.29) is 24.9 Å². The van der Waals surface area contributed by atoms with Gasteiger partial charge in [-0.2, -0.15) is 0 Å². The van der Waals surface area contributed by atoms with Gasteiger partial charge in [0.25, 0.3) is 0 Å². The molecular formula is C19H29ClN2O3. The molecule has 140 valence electrons. The predicted molar refractivity (Wildman–Crippen MR) is 101 cm³/mol. The van der Waals surface area contributed by atoms with Crippen LogP contribution in [0.4, 0.5) is 0 Å². The van der Waals surface area contributed by atoms with E-state index in [9.17, 15) is 14.7 Å². The van der Waals surface area contributed by atoms with E-state index in [1.165, 1.54) is 11.1 Å². The topological polar surface area (TPSA) is 69.6 Å². The summed E-state index contributed by atoms with van der Waals surface area (Å²) < 4.78 is 0. The summed E-state index contributed by atoms with van der Waals surface area (Å²) in [5, 5.41) is 12.1. The lowest BCUT2D eigenvalue weighted by Gasteiger charge is -2.32. The molecule has 0 aromatic heterocycles. The molecule has 0 spiro atoms. The summed E-state index contributed by atoms with van der Waals surface area (Å²) in [7, 11) is 0. The number of rotatable bonds is 7. The Morgan fingerprint density at radius 2 is 1.92 bits per heavy atom. The normalized spacial score (nSPS) is 17.8. The fourth-order valence-electron chi connectivity index (χ4n) is 3.12. The number of hydrogen-bond acceptors (Lipinski definition) is 3. The molecule has 1 aromatic rings. The van der Waals surface area contributed by atoms with Crippen LogP contribution in [0.15, 0.2) is 24.3 Å². The Balaban J connectivity index is 0.00000312. The fourth-order valence-corrected chi connectivity index (χ4v) is 3.12. The van der Waals surface area contributed by atoms with E-state index < -0.39 is 12.0 Å². The highest BCUT2D eigenvalue weighted by atomic mass is 35.5. The molecule has 0 aliphatic carbocycles. The number of aliphatic carboxylic acids is 1. The molecule has 1 aliphatic rings. The zero-order chi connectivity index (χ0) is 17.5. The van der Waals surface area contributed by atoms with Crippen molar-refractivity contribution in [2.75, 3.05) is 19.6 Å². The van der Waals surface area contributed by atoms with Gasteiger partial charge in [0.1, 0.15) is 6.04 Å². The van der Waals surface area contributed by atoms with Crippen molar-refractivity contribution in [3.63, 3.8) is 0 Å². The highest BCUT2D eigenvalue weighted by molar-refractivity contribution is 5.85. The number of carbonyl (C=O) groups is 2. The minimum atomic E-state index is -0.826. The number of halogens is 1. The molecular weight excluding hydrogens is 340 g/mol. The van der Waals surface area contributed by atoms with Crippen LogP contribution in [0.1, 0.15) is 50.2 Å². The Kier molecular flexibility index (Phi) is 8.93. The van der Waals surface area contributed by atoms with Crippen molar-refractivity contribution in [1.82, 2.24) is 10.2 Å². The first-order chi connectivity index (χ1) is 11.5. The number of hydrogen-bond donors (Lipinski definition) is 2. The van der Waals surface area contributed by atoms with Crippen LogP contribution in [0.3, 0.4) is 0 Å². The summed E-state index contributed by atoms with van der Waals surface area (Å²) in [5.74, 6) is -0.403. The molecule has 2 rings (SSSR count). The molecule has 25 heavy (non-hydrogen) atoms. The van der Waals surface area contributed by atoms with Crippen molar-refractivity contribution in [3.8, 4) is 0 Å². The number of benzene rings is 1. The molecule has 6 heteroatoms. The van der Waals surface area contributed by atoms with E-state index in [1.54, 1.807) is 4.90 Å². The maximum absolute atomic E-state index is 12.1. The van der Waals surface area contributed by atoms with Crippen LogP contribution in [0.2, 0.25) is 0 Å². The Hall–Kier alpha value is -1.59. The minimum Gasteiger partial charge on any atom is -0.480 e. The lowest BCUT2D eigenvalue weighted by Crippen LogP contribution is -2.49. The third kappa shape index (κ3) is 6.67. The van der Waals surface area contributed by atoms with E-state index in [0.29, 0.717) is 25.4 Å². The van der Waals surface area contributed by atoms with Crippen molar-refractivity contribution in [2.24, 2.45) is 0 Å². The second kappa shape index (κ2) is 10.4. The molecule has 1 atom stereocenters. The van der Waals surface area contributed by atoms with Gasteiger partial charge in [-0.3, -0.25) is 14.5 Å². The number of likely N-dealkylation sites (tertiary alicyclic amines) is 1. The van der Waals surface area contributed by atoms with Crippen LogP contribution >= 0.6 is 12.4 Å². The van der Waals surface area contributed by atoms with E-state index in [4.69, 9.17) is 0 Å². The molecule has 0 saturated carbocycles. The predicted octanol–water partition coefficient (Wildman–Crippen LogP) is 2.83. The van der Waals surface area contributed by atoms with Gasteiger partial charge in [-0.25, -0.2) is 0 Å². The molecule has 5 nitrogen and oxygen atoms in total. The van der Waals surface area contributed by atoms with E-state index >= 15 is 0 Å². The molecule has 1 unspecified atom stereocenters. The second-order valence-electron chi connectivity index (χ2n) is 6.82. The lowest BCUT2D eigenvalue weighted by molar-refractivity contribution is -0.145. The largest absolute Gasteiger partial charge is 0.480 e. The van der Waals surface area contributed by atoms with Gasteiger partial charge in [0, 0.05) is 6.54 Å². The van der Waals surface area contributed by atoms with Crippen LogP contribution < -0.4 is 5.32 Å². The highest BCUT2D eigenvalue weighted by Gasteiger charge is 2.29. The standard InChI is InChI=1S/C19H28N2O3.ClH/c1-14(2)16-8-6-15(7-9-16)10-11-20-18(22)13-21-12-4-3-5-17(21)19(23)24;/h6-9,14,17H,3-5,10-13H2,1-2H3,(H,20,22)(H,23,24);1H. The van der Waals surface area contributed by atoms with Gasteiger partial charge >= 0.3 is 5.97 Å². The van der Waals surface area contributed by atoms with Crippen molar-refractivity contribution in [3.05, 3.63) is 35.4 Å². The number of carboxylic acid groups (broad SMARTS) is 1. The van der Waals surface area contributed by atoms with Gasteiger partial charge in [-0.15, -0.1) is 12.4 Å². The number of nitrogens with one attached hydrogen (secondary N) is 1. The Bertz CT molecular complexity index is 560. The molecule has 1 heterocycles. The van der Waals surface area contributed by atoms with E-state index in [2.05, 4.69) is 43.4 Å². The lowest BCUT2D eigenvalue weighted by atomic mass is 10.0. The molecule has 0 radical (unpaired) electrons. The SMILES string of the molecule is CC(C)c1ccc(CCNC(=O)CN2CCCCC2C(=O)O)cc1.Cl. The Labute approximate surface area is 156 Å². The van der Waals surface area contributed by atoms with Crippen molar-refractivity contribution >= 4 is 24.3 Å². The first-order valence-corrected chi connectivity index (χ1v) is 8.79. The highest BCUT2D eigenvalue weighted by Crippen LogP contribution is 2.17. The number of amides is 1. The molecule has 1 saturated heterocycles. The summed E-state index contributed by atoms with van der Waals surface area (Å²) in [6.45, 7) is 5.76. The quantitative estimate of drug-likeness (QED) is 0.776. The van der Waals surface area contributed by atoms with Gasteiger partial charge in [0.05, 0.1) is 6.54 Å². The minimum absolute atomic E-state index is 0. The van der Waals surface area contributed by atoms with Crippen molar-refractivity contribution in [2.45, 2.75) is 51.5 Å². The number of carbonyl (C=O) groups excluding carboxylic acids is 1.